The molecular weight excluding hydrogens is 340 g/mol. The first-order valence-corrected chi connectivity index (χ1v) is 9.14. The van der Waals surface area contributed by atoms with E-state index in [9.17, 15) is 4.79 Å². The van der Waals surface area contributed by atoms with Gasteiger partial charge in [-0.05, 0) is 44.4 Å². The van der Waals surface area contributed by atoms with Crippen molar-refractivity contribution < 1.29 is 9.32 Å². The van der Waals surface area contributed by atoms with Gasteiger partial charge in [-0.15, -0.1) is 0 Å². The topological polar surface area (TPSA) is 80.0 Å². The van der Waals surface area contributed by atoms with Crippen LogP contribution in [0.3, 0.4) is 0 Å². The van der Waals surface area contributed by atoms with Gasteiger partial charge in [0.05, 0.1) is 5.41 Å². The largest absolute Gasteiger partial charge is 0.338 e. The molecule has 1 aromatic heterocycles. The van der Waals surface area contributed by atoms with Crippen LogP contribution in [0.2, 0.25) is 0 Å². The van der Waals surface area contributed by atoms with Crippen LogP contribution < -0.4 is 10.6 Å². The van der Waals surface area contributed by atoms with Crippen molar-refractivity contribution in [1.82, 2.24) is 15.5 Å². The van der Waals surface area contributed by atoms with Gasteiger partial charge in [0, 0.05) is 17.3 Å². The van der Waals surface area contributed by atoms with Gasteiger partial charge in [-0.3, -0.25) is 0 Å². The highest BCUT2D eigenvalue weighted by molar-refractivity contribution is 5.90. The van der Waals surface area contributed by atoms with Crippen molar-refractivity contribution in [2.45, 2.75) is 38.1 Å². The van der Waals surface area contributed by atoms with Gasteiger partial charge in [-0.2, -0.15) is 4.98 Å². The molecule has 1 aliphatic rings. The molecule has 1 fully saturated rings. The number of hydrogen-bond donors (Lipinski definition) is 2. The molecule has 0 aliphatic heterocycles. The van der Waals surface area contributed by atoms with Gasteiger partial charge in [0.2, 0.25) is 11.7 Å². The molecule has 138 valence electrons. The van der Waals surface area contributed by atoms with E-state index in [0.29, 0.717) is 17.4 Å². The third-order valence-electron chi connectivity index (χ3n) is 4.71. The number of nitrogens with zero attached hydrogens (tertiary/aromatic N) is 2. The maximum Gasteiger partial charge on any atom is 0.319 e. The maximum absolute atomic E-state index is 11.9. The Morgan fingerprint density at radius 3 is 2.59 bits per heavy atom. The fourth-order valence-electron chi connectivity index (χ4n) is 3.21. The number of benzene rings is 2. The zero-order valence-corrected chi connectivity index (χ0v) is 15.4. The van der Waals surface area contributed by atoms with Gasteiger partial charge in [-0.25, -0.2) is 4.79 Å². The number of urea groups is 1. The highest BCUT2D eigenvalue weighted by Gasteiger charge is 2.50. The van der Waals surface area contributed by atoms with Gasteiger partial charge in [0.15, 0.2) is 0 Å². The number of aromatic nitrogens is 2. The van der Waals surface area contributed by atoms with Gasteiger partial charge >= 0.3 is 6.03 Å². The van der Waals surface area contributed by atoms with E-state index in [4.69, 9.17) is 4.52 Å². The molecule has 3 aromatic rings. The molecule has 6 heteroatoms. The van der Waals surface area contributed by atoms with Crippen molar-refractivity contribution in [3.63, 3.8) is 0 Å². The van der Waals surface area contributed by atoms with E-state index >= 15 is 0 Å². The lowest BCUT2D eigenvalue weighted by molar-refractivity contribution is 0.250. The molecular formula is C21H22N4O2. The van der Waals surface area contributed by atoms with Gasteiger partial charge in [-0.1, -0.05) is 47.6 Å². The molecule has 1 saturated carbocycles. The first kappa shape index (κ1) is 17.3. The molecule has 27 heavy (non-hydrogen) atoms. The van der Waals surface area contributed by atoms with Gasteiger partial charge in [0.1, 0.15) is 0 Å². The second-order valence-corrected chi connectivity index (χ2v) is 7.21. The Kier molecular flexibility index (Phi) is 4.39. The molecule has 0 unspecified atom stereocenters. The maximum atomic E-state index is 11.9. The molecule has 2 aromatic carbocycles. The lowest BCUT2D eigenvalue weighted by Crippen LogP contribution is -2.34. The molecule has 2 N–H and O–H groups in total. The van der Waals surface area contributed by atoms with Crippen molar-refractivity contribution >= 4 is 11.7 Å². The summed E-state index contributed by atoms with van der Waals surface area (Å²) < 4.78 is 5.61. The molecule has 0 spiro atoms. The predicted octanol–water partition coefficient (Wildman–Crippen LogP) is 4.35. The molecule has 1 aliphatic carbocycles. The smallest absolute Gasteiger partial charge is 0.319 e. The number of carbonyl (C=O) groups excluding carboxylic acids is 1. The number of hydrogen-bond acceptors (Lipinski definition) is 4. The molecule has 4 rings (SSSR count). The minimum atomic E-state index is -0.239. The fraction of sp³-hybridized carbons (Fsp3) is 0.286. The van der Waals surface area contributed by atoms with E-state index in [1.165, 1.54) is 5.56 Å². The van der Waals surface area contributed by atoms with Crippen LogP contribution in [0.1, 0.15) is 38.1 Å². The predicted molar refractivity (Wildman–Crippen MR) is 103 cm³/mol. The van der Waals surface area contributed by atoms with Crippen LogP contribution in [-0.2, 0) is 5.41 Å². The summed E-state index contributed by atoms with van der Waals surface area (Å²) >= 11 is 0. The number of anilines is 1. The summed E-state index contributed by atoms with van der Waals surface area (Å²) in [6, 6.07) is 17.6. The van der Waals surface area contributed by atoms with Crippen LogP contribution in [0.5, 0.6) is 0 Å². The summed E-state index contributed by atoms with van der Waals surface area (Å²) in [7, 11) is 0. The van der Waals surface area contributed by atoms with Crippen LogP contribution in [-0.4, -0.2) is 22.2 Å². The van der Waals surface area contributed by atoms with Crippen LogP contribution >= 0.6 is 0 Å². The summed E-state index contributed by atoms with van der Waals surface area (Å²) in [5.41, 5.74) is 2.54. The Hall–Kier alpha value is -3.15. The summed E-state index contributed by atoms with van der Waals surface area (Å²) in [6.45, 7) is 3.83. The Labute approximate surface area is 158 Å². The molecule has 0 atom stereocenters. The molecule has 1 heterocycles. The number of rotatable bonds is 5. The van der Waals surface area contributed by atoms with Crippen molar-refractivity contribution in [3.8, 4) is 11.4 Å². The first-order chi connectivity index (χ1) is 13.1. The minimum Gasteiger partial charge on any atom is -0.338 e. The lowest BCUT2D eigenvalue weighted by atomic mass is 9.96. The zero-order valence-electron chi connectivity index (χ0n) is 15.4. The third-order valence-corrected chi connectivity index (χ3v) is 4.71. The normalized spacial score (nSPS) is 14.8. The second-order valence-electron chi connectivity index (χ2n) is 7.21. The lowest BCUT2D eigenvalue weighted by Gasteiger charge is -2.10. The average Bonchev–Trinajstić information content (AvgIpc) is 3.31. The number of carbonyl (C=O) groups is 1. The summed E-state index contributed by atoms with van der Waals surface area (Å²) in [6.07, 6.45) is 2.02. The van der Waals surface area contributed by atoms with E-state index in [2.05, 4.69) is 32.9 Å². The van der Waals surface area contributed by atoms with E-state index in [-0.39, 0.29) is 17.5 Å². The molecule has 0 saturated heterocycles. The van der Waals surface area contributed by atoms with Gasteiger partial charge in [0.25, 0.3) is 0 Å². The van der Waals surface area contributed by atoms with Gasteiger partial charge < -0.3 is 15.2 Å². The third kappa shape index (κ3) is 3.56. The summed E-state index contributed by atoms with van der Waals surface area (Å²) in [5, 5.41) is 9.80. The highest BCUT2D eigenvalue weighted by atomic mass is 16.5. The Bertz CT molecular complexity index is 946. The molecule has 6 nitrogen and oxygen atoms in total. The van der Waals surface area contributed by atoms with Crippen LogP contribution in [0, 0.1) is 0 Å². The average molecular weight is 362 g/mol. The van der Waals surface area contributed by atoms with E-state index in [1.54, 1.807) is 0 Å². The number of amides is 2. The molecule has 0 bridgehead atoms. The fourth-order valence-corrected chi connectivity index (χ4v) is 3.21. The monoisotopic (exact) mass is 362 g/mol. The summed E-state index contributed by atoms with van der Waals surface area (Å²) in [4.78, 5) is 16.6. The Morgan fingerprint density at radius 2 is 1.89 bits per heavy atom. The summed E-state index contributed by atoms with van der Waals surface area (Å²) in [5.74, 6) is 1.18. The molecule has 0 radical (unpaired) electrons. The minimum absolute atomic E-state index is 0.0701. The van der Waals surface area contributed by atoms with Crippen LogP contribution in [0.25, 0.3) is 11.4 Å². The van der Waals surface area contributed by atoms with E-state index in [1.807, 2.05) is 56.3 Å². The standard InChI is InChI=1S/C21H22N4O2/c1-14(2)22-20(26)23-17-10-6-7-15(13-17)18-24-19(27-25-18)21(11-12-21)16-8-4-3-5-9-16/h3-10,13-14H,11-12H2,1-2H3,(H2,22,23,26). The zero-order chi connectivity index (χ0) is 18.9. The van der Waals surface area contributed by atoms with Crippen LogP contribution in [0.4, 0.5) is 10.5 Å². The second kappa shape index (κ2) is 6.87. The quantitative estimate of drug-likeness (QED) is 0.707. The highest BCUT2D eigenvalue weighted by Crippen LogP contribution is 2.52. The Morgan fingerprint density at radius 1 is 1.11 bits per heavy atom. The Balaban J connectivity index is 1.56. The van der Waals surface area contributed by atoms with Crippen molar-refractivity contribution in [2.75, 3.05) is 5.32 Å². The first-order valence-electron chi connectivity index (χ1n) is 9.14. The van der Waals surface area contributed by atoms with E-state index in [0.717, 1.165) is 18.4 Å². The van der Waals surface area contributed by atoms with E-state index < -0.39 is 0 Å². The van der Waals surface area contributed by atoms with Crippen LogP contribution in [0.15, 0.2) is 59.1 Å². The van der Waals surface area contributed by atoms with Crippen molar-refractivity contribution in [1.29, 1.82) is 0 Å². The van der Waals surface area contributed by atoms with Crippen molar-refractivity contribution in [3.05, 3.63) is 66.1 Å². The van der Waals surface area contributed by atoms with Crippen molar-refractivity contribution in [2.24, 2.45) is 0 Å². The number of nitrogens with one attached hydrogen (secondary N) is 2. The SMILES string of the molecule is CC(C)NC(=O)Nc1cccc(-c2noc(C3(c4ccccc4)CC3)n2)c1. The molecule has 2 amide bonds.